The zero-order valence-electron chi connectivity index (χ0n) is 12.8. The molecule has 0 aromatic heterocycles. The second kappa shape index (κ2) is 4.98. The minimum Gasteiger partial charge on any atom is -0.393 e. The molecule has 24 heavy (non-hydrogen) atoms. The van der Waals surface area contributed by atoms with Crippen molar-refractivity contribution in [3.05, 3.63) is 42.0 Å². The van der Waals surface area contributed by atoms with Crippen molar-refractivity contribution in [2.45, 2.75) is 23.5 Å². The predicted molar refractivity (Wildman–Crippen MR) is 81.2 cm³/mol. The number of sulfonamides is 1. The number of esters is 2. The molecule has 7 nitrogen and oxygen atoms in total. The maximum Gasteiger partial charge on any atom is 0.320 e. The molecule has 1 aromatic rings. The quantitative estimate of drug-likeness (QED) is 0.477. The number of hydrogen-bond donors (Lipinski definition) is 1. The lowest BCUT2D eigenvalue weighted by Gasteiger charge is -2.27. The van der Waals surface area contributed by atoms with E-state index in [0.29, 0.717) is 0 Å². The highest BCUT2D eigenvalue weighted by atomic mass is 32.2. The fourth-order valence-corrected chi connectivity index (χ4v) is 4.60. The normalized spacial score (nSPS) is 33.8. The van der Waals surface area contributed by atoms with Crippen LogP contribution in [-0.2, 0) is 29.1 Å². The van der Waals surface area contributed by atoms with Crippen LogP contribution in [0.15, 0.2) is 41.3 Å². The topological polar surface area (TPSA) is 98.8 Å². The van der Waals surface area contributed by atoms with Crippen LogP contribution in [0.2, 0.25) is 0 Å². The van der Waals surface area contributed by atoms with Gasteiger partial charge in [0, 0.05) is 6.54 Å². The van der Waals surface area contributed by atoms with E-state index in [0.717, 1.165) is 5.56 Å². The Morgan fingerprint density at radius 2 is 1.88 bits per heavy atom. The van der Waals surface area contributed by atoms with Gasteiger partial charge in [-0.15, -0.1) is 0 Å². The standard InChI is InChI=1S/C16H15NO6S/c1-9-2-4-10(5-3-9)24(20,21)17-8-16-7-6-11(23-16)12-13(16)15(19)22-14(12)18/h2-7,11-13,17H,8H2,1H3. The molecule has 4 rings (SSSR count). The summed E-state index contributed by atoms with van der Waals surface area (Å²) in [5.74, 6) is -2.76. The van der Waals surface area contributed by atoms with Crippen molar-refractivity contribution in [2.24, 2.45) is 11.8 Å². The summed E-state index contributed by atoms with van der Waals surface area (Å²) in [5.41, 5.74) is -0.223. The smallest absolute Gasteiger partial charge is 0.320 e. The molecule has 3 aliphatic rings. The Morgan fingerprint density at radius 1 is 1.17 bits per heavy atom. The van der Waals surface area contributed by atoms with Gasteiger partial charge in [0.2, 0.25) is 10.0 Å². The average molecular weight is 349 g/mol. The molecule has 4 unspecified atom stereocenters. The van der Waals surface area contributed by atoms with Crippen LogP contribution in [0.5, 0.6) is 0 Å². The van der Waals surface area contributed by atoms with Crippen molar-refractivity contribution in [3.8, 4) is 0 Å². The SMILES string of the molecule is Cc1ccc(S(=O)(=O)NCC23C=CC(O2)C2C(=O)OC(=O)C23)cc1. The molecule has 2 saturated heterocycles. The zero-order chi connectivity index (χ0) is 17.1. The molecule has 4 atom stereocenters. The molecule has 0 aliphatic carbocycles. The third-order valence-corrected chi connectivity index (χ3v) is 6.18. The maximum atomic E-state index is 12.4. The van der Waals surface area contributed by atoms with Gasteiger partial charge in [-0.1, -0.05) is 29.8 Å². The zero-order valence-corrected chi connectivity index (χ0v) is 13.6. The number of ether oxygens (including phenoxy) is 2. The van der Waals surface area contributed by atoms with Crippen LogP contribution in [0, 0.1) is 18.8 Å². The van der Waals surface area contributed by atoms with E-state index in [9.17, 15) is 18.0 Å². The predicted octanol–water partition coefficient (Wildman–Crippen LogP) is 0.297. The Bertz CT molecular complexity index is 859. The minimum atomic E-state index is -3.75. The maximum absolute atomic E-state index is 12.4. The van der Waals surface area contributed by atoms with E-state index >= 15 is 0 Å². The van der Waals surface area contributed by atoms with E-state index in [4.69, 9.17) is 4.74 Å². The summed E-state index contributed by atoms with van der Waals surface area (Å²) in [7, 11) is -3.75. The minimum absolute atomic E-state index is 0.127. The lowest BCUT2D eigenvalue weighted by molar-refractivity contribution is -0.158. The summed E-state index contributed by atoms with van der Waals surface area (Å²) in [5, 5.41) is 0. The van der Waals surface area contributed by atoms with Gasteiger partial charge in [-0.2, -0.15) is 0 Å². The molecule has 3 aliphatic heterocycles. The number of fused-ring (bicyclic) bond motifs is 5. The Kier molecular flexibility index (Phi) is 3.22. The van der Waals surface area contributed by atoms with E-state index in [2.05, 4.69) is 9.46 Å². The number of carbonyl (C=O) groups is 2. The largest absolute Gasteiger partial charge is 0.393 e. The van der Waals surface area contributed by atoms with Gasteiger partial charge < -0.3 is 9.47 Å². The molecule has 2 fully saturated rings. The lowest BCUT2D eigenvalue weighted by Crippen LogP contribution is -2.47. The lowest BCUT2D eigenvalue weighted by atomic mass is 9.77. The molecule has 0 spiro atoms. The molecule has 8 heteroatoms. The van der Waals surface area contributed by atoms with E-state index in [1.807, 2.05) is 6.92 Å². The van der Waals surface area contributed by atoms with Crippen LogP contribution in [0.4, 0.5) is 0 Å². The highest BCUT2D eigenvalue weighted by molar-refractivity contribution is 7.89. The van der Waals surface area contributed by atoms with Crippen molar-refractivity contribution in [2.75, 3.05) is 6.54 Å². The monoisotopic (exact) mass is 349 g/mol. The van der Waals surface area contributed by atoms with E-state index < -0.39 is 45.5 Å². The van der Waals surface area contributed by atoms with Crippen molar-refractivity contribution in [3.63, 3.8) is 0 Å². The van der Waals surface area contributed by atoms with Crippen LogP contribution in [0.25, 0.3) is 0 Å². The summed E-state index contributed by atoms with van der Waals surface area (Å²) in [4.78, 5) is 23.8. The highest BCUT2D eigenvalue weighted by Gasteiger charge is 2.67. The first-order chi connectivity index (χ1) is 11.3. The first-order valence-corrected chi connectivity index (χ1v) is 9.00. The van der Waals surface area contributed by atoms with Crippen molar-refractivity contribution < 1.29 is 27.5 Å². The van der Waals surface area contributed by atoms with Crippen LogP contribution in [0.1, 0.15) is 5.56 Å². The third kappa shape index (κ3) is 2.14. The summed E-state index contributed by atoms with van der Waals surface area (Å²) in [6, 6.07) is 6.42. The number of cyclic esters (lactones) is 2. The molecule has 1 N–H and O–H groups in total. The molecule has 1 aromatic carbocycles. The Balaban J connectivity index is 1.58. The van der Waals surface area contributed by atoms with Gasteiger partial charge in [0.25, 0.3) is 0 Å². The van der Waals surface area contributed by atoms with E-state index in [1.54, 1.807) is 24.3 Å². The number of rotatable bonds is 4. The van der Waals surface area contributed by atoms with Gasteiger partial charge in [0.1, 0.15) is 17.4 Å². The van der Waals surface area contributed by atoms with Crippen LogP contribution in [0.3, 0.4) is 0 Å². The number of benzene rings is 1. The summed E-state index contributed by atoms with van der Waals surface area (Å²) in [6.07, 6.45) is 2.79. The van der Waals surface area contributed by atoms with Crippen molar-refractivity contribution >= 4 is 22.0 Å². The van der Waals surface area contributed by atoms with Gasteiger partial charge in [0.15, 0.2) is 0 Å². The fourth-order valence-electron chi connectivity index (χ4n) is 3.52. The molecule has 0 amide bonds. The van der Waals surface area contributed by atoms with Crippen molar-refractivity contribution in [1.29, 1.82) is 0 Å². The number of nitrogens with one attached hydrogen (secondary N) is 1. The van der Waals surface area contributed by atoms with Gasteiger partial charge in [-0.3, -0.25) is 9.59 Å². The van der Waals surface area contributed by atoms with Gasteiger partial charge >= 0.3 is 11.9 Å². The Hall–Kier alpha value is -2.03. The molecule has 0 saturated carbocycles. The number of hydrogen-bond acceptors (Lipinski definition) is 6. The molecule has 126 valence electrons. The average Bonchev–Trinajstić information content (AvgIpc) is 3.18. The first-order valence-electron chi connectivity index (χ1n) is 7.51. The summed E-state index contributed by atoms with van der Waals surface area (Å²) < 4.78 is 37.8. The van der Waals surface area contributed by atoms with E-state index in [1.165, 1.54) is 12.1 Å². The third-order valence-electron chi connectivity index (χ3n) is 4.76. The number of carbonyl (C=O) groups excluding carboxylic acids is 2. The van der Waals surface area contributed by atoms with Gasteiger partial charge in [-0.05, 0) is 19.1 Å². The van der Waals surface area contributed by atoms with Crippen LogP contribution >= 0.6 is 0 Å². The second-order valence-electron chi connectivity index (χ2n) is 6.28. The van der Waals surface area contributed by atoms with Gasteiger partial charge in [0.05, 0.1) is 11.0 Å². The second-order valence-corrected chi connectivity index (χ2v) is 8.04. The van der Waals surface area contributed by atoms with Crippen LogP contribution < -0.4 is 4.72 Å². The van der Waals surface area contributed by atoms with Gasteiger partial charge in [-0.25, -0.2) is 13.1 Å². The molecule has 0 radical (unpaired) electrons. The molecular weight excluding hydrogens is 334 g/mol. The Morgan fingerprint density at radius 3 is 2.58 bits per heavy atom. The van der Waals surface area contributed by atoms with Crippen LogP contribution in [-0.4, -0.2) is 38.6 Å². The summed E-state index contributed by atoms with van der Waals surface area (Å²) >= 11 is 0. The number of aryl methyl sites for hydroxylation is 1. The first kappa shape index (κ1) is 15.5. The fraction of sp³-hybridized carbons (Fsp3) is 0.375. The summed E-state index contributed by atoms with van der Waals surface area (Å²) in [6.45, 7) is 1.72. The van der Waals surface area contributed by atoms with E-state index in [-0.39, 0.29) is 11.4 Å². The molecule has 2 bridgehead atoms. The van der Waals surface area contributed by atoms with Crippen molar-refractivity contribution in [1.82, 2.24) is 4.72 Å². The molecule has 3 heterocycles. The highest BCUT2D eigenvalue weighted by Crippen LogP contribution is 2.50. The Labute approximate surface area is 138 Å². The molecular formula is C16H15NO6S.